The first kappa shape index (κ1) is 32.3. The molecule has 0 aliphatic carbocycles. The van der Waals surface area contributed by atoms with Crippen LogP contribution in [-0.2, 0) is 28.8 Å². The molecule has 0 aromatic heterocycles. The van der Waals surface area contributed by atoms with Crippen LogP contribution in [0.4, 0.5) is 0 Å². The molecule has 0 spiro atoms. The van der Waals surface area contributed by atoms with Crippen LogP contribution < -0.4 is 14.4 Å². The molecule has 0 fully saturated rings. The standard InChI is InChI=1S/C31H45NO6PSi/c1-8-38-39(34)18-16-32(21-25-12-10-9-11-13-25)20-23(2)14-15-26-29(35-4)24(3)27-22-37-31(33)28(27)30(26)36-17-19-40(5,6)7/h9-14H,8,15-22H2,1-7H3/q-1/b23-14+. The molecular formula is C31H45NO6PSi-. The Balaban J connectivity index is 1.86. The first-order valence-electron chi connectivity index (χ1n) is 14.1. The minimum Gasteiger partial charge on any atom is -0.808 e. The second-order valence-corrected chi connectivity index (χ2v) is 18.5. The number of cyclic esters (lactones) is 1. The number of hydrogen-bond acceptors (Lipinski definition) is 7. The summed E-state index contributed by atoms with van der Waals surface area (Å²) in [5.74, 6) is 1.01. The second kappa shape index (κ2) is 15.1. The summed E-state index contributed by atoms with van der Waals surface area (Å²) < 4.78 is 23.0. The van der Waals surface area contributed by atoms with Gasteiger partial charge in [-0.1, -0.05) is 70.0 Å². The lowest BCUT2D eigenvalue weighted by molar-refractivity contribution is -0.180. The van der Waals surface area contributed by atoms with Crippen molar-refractivity contribution < 1.29 is 28.4 Å². The van der Waals surface area contributed by atoms with Crippen molar-refractivity contribution in [3.63, 3.8) is 0 Å². The molecule has 9 heteroatoms. The minimum atomic E-state index is -1.68. The number of benzene rings is 2. The molecule has 1 heterocycles. The summed E-state index contributed by atoms with van der Waals surface area (Å²) >= 11 is 0. The molecule has 0 saturated heterocycles. The van der Waals surface area contributed by atoms with Crippen molar-refractivity contribution in [2.45, 2.75) is 66.0 Å². The quantitative estimate of drug-likeness (QED) is 0.102. The first-order chi connectivity index (χ1) is 19.0. The van der Waals surface area contributed by atoms with Crippen molar-refractivity contribution in [2.24, 2.45) is 0 Å². The van der Waals surface area contributed by atoms with E-state index in [2.05, 4.69) is 49.7 Å². The minimum absolute atomic E-state index is 0.244. The van der Waals surface area contributed by atoms with Crippen LogP contribution in [0.15, 0.2) is 42.0 Å². The third-order valence-electron chi connectivity index (χ3n) is 6.97. The zero-order chi connectivity index (χ0) is 29.3. The first-order valence-corrected chi connectivity index (χ1v) is 19.1. The molecule has 0 radical (unpaired) electrons. The Morgan fingerprint density at radius 2 is 1.93 bits per heavy atom. The molecule has 1 aliphatic rings. The number of rotatable bonds is 16. The van der Waals surface area contributed by atoms with E-state index in [9.17, 15) is 9.69 Å². The lowest BCUT2D eigenvalue weighted by Crippen LogP contribution is -2.29. The van der Waals surface area contributed by atoms with Gasteiger partial charge in [-0.25, -0.2) is 4.79 Å². The number of nitrogens with zero attached hydrogens (tertiary/aromatic N) is 1. The molecule has 0 N–H and O–H groups in total. The predicted molar refractivity (Wildman–Crippen MR) is 163 cm³/mol. The van der Waals surface area contributed by atoms with Gasteiger partial charge in [0.2, 0.25) is 0 Å². The van der Waals surface area contributed by atoms with E-state index in [1.807, 2.05) is 32.0 Å². The van der Waals surface area contributed by atoms with Gasteiger partial charge in [-0.15, -0.1) is 0 Å². The second-order valence-electron chi connectivity index (χ2n) is 11.5. The summed E-state index contributed by atoms with van der Waals surface area (Å²) in [5.41, 5.74) is 5.56. The molecule has 1 atom stereocenters. The molecule has 220 valence electrons. The lowest BCUT2D eigenvalue weighted by atomic mass is 9.94. The summed E-state index contributed by atoms with van der Waals surface area (Å²) in [6, 6.07) is 11.3. The van der Waals surface area contributed by atoms with Gasteiger partial charge in [0.15, 0.2) is 0 Å². The predicted octanol–water partition coefficient (Wildman–Crippen LogP) is 6.09. The molecule has 0 amide bonds. The van der Waals surface area contributed by atoms with E-state index in [0.717, 1.165) is 35.0 Å². The van der Waals surface area contributed by atoms with Crippen molar-refractivity contribution >= 4 is 22.4 Å². The number of hydrogen-bond donors (Lipinski definition) is 0. The third-order valence-corrected chi connectivity index (χ3v) is 9.79. The van der Waals surface area contributed by atoms with Crippen molar-refractivity contribution in [1.29, 1.82) is 0 Å². The Labute approximate surface area is 242 Å². The van der Waals surface area contributed by atoms with Crippen LogP contribution in [0.2, 0.25) is 25.7 Å². The summed E-state index contributed by atoms with van der Waals surface area (Å²) in [7, 11) is -1.34. The largest absolute Gasteiger partial charge is 0.808 e. The monoisotopic (exact) mass is 586 g/mol. The van der Waals surface area contributed by atoms with Crippen LogP contribution in [0.3, 0.4) is 0 Å². The van der Waals surface area contributed by atoms with Gasteiger partial charge in [0, 0.05) is 45.4 Å². The van der Waals surface area contributed by atoms with Crippen molar-refractivity contribution in [3.05, 3.63) is 69.8 Å². The van der Waals surface area contributed by atoms with Gasteiger partial charge in [0.05, 0.1) is 13.7 Å². The fourth-order valence-electron chi connectivity index (χ4n) is 4.81. The molecule has 0 bridgehead atoms. The highest BCUT2D eigenvalue weighted by atomic mass is 31.2. The van der Waals surface area contributed by atoms with E-state index >= 15 is 0 Å². The Hall–Kier alpha value is -2.22. The van der Waals surface area contributed by atoms with Gasteiger partial charge in [-0.2, -0.15) is 0 Å². The van der Waals surface area contributed by atoms with Crippen molar-refractivity contribution in [3.8, 4) is 11.5 Å². The highest BCUT2D eigenvalue weighted by molar-refractivity contribution is 7.44. The van der Waals surface area contributed by atoms with Crippen LogP contribution in [0.25, 0.3) is 0 Å². The maximum Gasteiger partial charge on any atom is 0.342 e. The highest BCUT2D eigenvalue weighted by Crippen LogP contribution is 2.43. The Morgan fingerprint density at radius 3 is 2.58 bits per heavy atom. The molecule has 2 aromatic carbocycles. The molecule has 1 aliphatic heterocycles. The topological polar surface area (TPSA) is 80.3 Å². The zero-order valence-corrected chi connectivity index (χ0v) is 27.1. The van der Waals surface area contributed by atoms with Crippen molar-refractivity contribution in [1.82, 2.24) is 4.90 Å². The van der Waals surface area contributed by atoms with Crippen LogP contribution in [0.5, 0.6) is 11.5 Å². The average molecular weight is 587 g/mol. The zero-order valence-electron chi connectivity index (χ0n) is 25.2. The number of carbonyl (C=O) groups is 1. The molecule has 2 aromatic rings. The maximum absolute atomic E-state index is 12.8. The number of allylic oxidation sites excluding steroid dienone is 1. The normalized spacial score (nSPS) is 14.3. The van der Waals surface area contributed by atoms with E-state index < -0.39 is 16.4 Å². The fraction of sp³-hybridized carbons (Fsp3) is 0.516. The van der Waals surface area contributed by atoms with Gasteiger partial charge >= 0.3 is 5.97 Å². The Bertz CT molecular complexity index is 1160. The van der Waals surface area contributed by atoms with E-state index in [1.54, 1.807) is 7.11 Å². The van der Waals surface area contributed by atoms with Crippen LogP contribution in [0, 0.1) is 6.92 Å². The molecule has 7 nitrogen and oxygen atoms in total. The smallest absolute Gasteiger partial charge is 0.342 e. The summed E-state index contributed by atoms with van der Waals surface area (Å²) in [5, 5.41) is 0. The molecule has 40 heavy (non-hydrogen) atoms. The van der Waals surface area contributed by atoms with Gasteiger partial charge in [0.1, 0.15) is 23.7 Å². The Morgan fingerprint density at radius 1 is 1.20 bits per heavy atom. The number of carbonyl (C=O) groups excluding carboxylic acids is 1. The summed E-state index contributed by atoms with van der Waals surface area (Å²) in [6.07, 6.45) is 3.22. The average Bonchev–Trinajstić information content (AvgIpc) is 3.29. The fourth-order valence-corrected chi connectivity index (χ4v) is 6.39. The van der Waals surface area contributed by atoms with Gasteiger partial charge in [-0.05, 0) is 50.5 Å². The van der Waals surface area contributed by atoms with E-state index in [4.69, 9.17) is 18.7 Å². The third kappa shape index (κ3) is 9.15. The summed E-state index contributed by atoms with van der Waals surface area (Å²) in [4.78, 5) is 27.3. The summed E-state index contributed by atoms with van der Waals surface area (Å²) in [6.45, 7) is 16.2. The van der Waals surface area contributed by atoms with Gasteiger partial charge in [-0.3, -0.25) is 4.90 Å². The van der Waals surface area contributed by atoms with Crippen molar-refractivity contribution in [2.75, 3.05) is 39.6 Å². The molecular weight excluding hydrogens is 541 g/mol. The maximum atomic E-state index is 12.8. The number of ether oxygens (including phenoxy) is 3. The van der Waals surface area contributed by atoms with Crippen LogP contribution in [-0.4, -0.2) is 58.5 Å². The highest BCUT2D eigenvalue weighted by Gasteiger charge is 2.33. The lowest BCUT2D eigenvalue weighted by Gasteiger charge is -2.28. The van der Waals surface area contributed by atoms with Gasteiger partial charge < -0.3 is 23.6 Å². The van der Waals surface area contributed by atoms with E-state index in [-0.39, 0.29) is 12.6 Å². The van der Waals surface area contributed by atoms with Crippen LogP contribution in [0.1, 0.15) is 46.5 Å². The Kier molecular flexibility index (Phi) is 12.2. The number of esters is 1. The van der Waals surface area contributed by atoms with Gasteiger partial charge in [0.25, 0.3) is 0 Å². The van der Waals surface area contributed by atoms with E-state index in [0.29, 0.717) is 50.2 Å². The number of methoxy groups -OCH3 is 1. The number of fused-ring (bicyclic) bond motifs is 1. The van der Waals surface area contributed by atoms with Crippen LogP contribution >= 0.6 is 8.38 Å². The molecule has 0 saturated carbocycles. The van der Waals surface area contributed by atoms with E-state index in [1.165, 1.54) is 11.1 Å². The SMILES string of the molecule is CCOP([O-])CCN(C/C(C)=C/Cc1c(OC)c(C)c2c(c1OCC[Si](C)(C)C)C(=O)OC2)Cc1ccccc1. The molecule has 1 unspecified atom stereocenters. The molecule has 3 rings (SSSR count).